The van der Waals surface area contributed by atoms with Crippen molar-refractivity contribution in [1.82, 2.24) is 9.88 Å². The van der Waals surface area contributed by atoms with Gasteiger partial charge in [0.25, 0.3) is 5.91 Å². The number of likely N-dealkylation sites (tertiary alicyclic amines) is 1. The van der Waals surface area contributed by atoms with E-state index in [4.69, 9.17) is 5.73 Å². The van der Waals surface area contributed by atoms with Crippen LogP contribution in [0.3, 0.4) is 0 Å². The van der Waals surface area contributed by atoms with Gasteiger partial charge in [-0.15, -0.1) is 11.3 Å². The fraction of sp³-hybridized carbons (Fsp3) is 0.385. The molecule has 6 heteroatoms. The molecular formula is C13H15N3O2S. The molecule has 3 rings (SSSR count). The zero-order chi connectivity index (χ0) is 13.4. The number of hydrogen-bond acceptors (Lipinski definition) is 5. The van der Waals surface area contributed by atoms with Crippen molar-refractivity contribution in [3.8, 4) is 0 Å². The number of carbonyl (C=O) groups is 1. The Bertz CT molecular complexity index is 617. The standard InChI is InChI=1S/C13H15N3O2S/c14-11-9-1-4-15-7-10(9)19-12(11)13(18)16-5-2-8(17)3-6-16/h1,4,7-8,17H,2-3,5-6,14H2. The van der Waals surface area contributed by atoms with Gasteiger partial charge in [0, 0.05) is 30.9 Å². The number of hydrogen-bond donors (Lipinski definition) is 2. The summed E-state index contributed by atoms with van der Waals surface area (Å²) in [6.45, 7) is 1.18. The average molecular weight is 277 g/mol. The van der Waals surface area contributed by atoms with Crippen LogP contribution < -0.4 is 5.73 Å². The molecule has 100 valence electrons. The van der Waals surface area contributed by atoms with Crippen LogP contribution in [0.4, 0.5) is 5.69 Å². The number of aromatic nitrogens is 1. The first kappa shape index (κ1) is 12.4. The Morgan fingerprint density at radius 2 is 2.21 bits per heavy atom. The summed E-state index contributed by atoms with van der Waals surface area (Å²) in [6, 6.07) is 1.83. The highest BCUT2D eigenvalue weighted by molar-refractivity contribution is 7.21. The molecule has 1 saturated heterocycles. The minimum Gasteiger partial charge on any atom is -0.397 e. The molecule has 3 N–H and O–H groups in total. The minimum absolute atomic E-state index is 0.0365. The van der Waals surface area contributed by atoms with Crippen LogP contribution in [0, 0.1) is 0 Å². The van der Waals surface area contributed by atoms with E-state index in [0.717, 1.165) is 10.1 Å². The Hall–Kier alpha value is -1.66. The van der Waals surface area contributed by atoms with Crippen LogP contribution in [0.25, 0.3) is 10.1 Å². The Kier molecular flexibility index (Phi) is 3.12. The zero-order valence-corrected chi connectivity index (χ0v) is 11.2. The van der Waals surface area contributed by atoms with Crippen LogP contribution in [-0.2, 0) is 0 Å². The number of fused-ring (bicyclic) bond motifs is 1. The minimum atomic E-state index is -0.284. The molecule has 0 spiro atoms. The number of thiophene rings is 1. The van der Waals surface area contributed by atoms with Crippen molar-refractivity contribution in [1.29, 1.82) is 0 Å². The van der Waals surface area contributed by atoms with Crippen LogP contribution in [0.2, 0.25) is 0 Å². The van der Waals surface area contributed by atoms with E-state index in [-0.39, 0.29) is 12.0 Å². The van der Waals surface area contributed by atoms with Crippen molar-refractivity contribution in [3.05, 3.63) is 23.3 Å². The maximum atomic E-state index is 12.5. The first-order valence-corrected chi connectivity index (χ1v) is 7.08. The number of carbonyl (C=O) groups excluding carboxylic acids is 1. The number of nitrogens with zero attached hydrogens (tertiary/aromatic N) is 2. The smallest absolute Gasteiger partial charge is 0.266 e. The van der Waals surface area contributed by atoms with E-state index in [1.165, 1.54) is 11.3 Å². The Morgan fingerprint density at radius 1 is 1.47 bits per heavy atom. The molecule has 0 atom stereocenters. The number of aliphatic hydroxyl groups is 1. The number of nitrogen functional groups attached to an aromatic ring is 1. The molecule has 0 radical (unpaired) electrons. The lowest BCUT2D eigenvalue weighted by molar-refractivity contribution is 0.0551. The zero-order valence-electron chi connectivity index (χ0n) is 10.4. The number of aliphatic hydroxyl groups excluding tert-OH is 1. The lowest BCUT2D eigenvalue weighted by Gasteiger charge is -2.29. The second-order valence-electron chi connectivity index (χ2n) is 4.74. The maximum Gasteiger partial charge on any atom is 0.266 e. The number of anilines is 1. The Morgan fingerprint density at radius 3 is 2.89 bits per heavy atom. The monoisotopic (exact) mass is 277 g/mol. The molecule has 0 unspecified atom stereocenters. The van der Waals surface area contributed by atoms with Gasteiger partial charge in [0.2, 0.25) is 0 Å². The van der Waals surface area contributed by atoms with Gasteiger partial charge in [0.15, 0.2) is 0 Å². The van der Waals surface area contributed by atoms with Crippen molar-refractivity contribution in [2.24, 2.45) is 0 Å². The molecule has 1 aliphatic heterocycles. The Labute approximate surface area is 114 Å². The van der Waals surface area contributed by atoms with E-state index in [9.17, 15) is 9.90 Å². The normalized spacial score (nSPS) is 17.0. The van der Waals surface area contributed by atoms with Crippen LogP contribution in [0.15, 0.2) is 18.5 Å². The van der Waals surface area contributed by atoms with E-state index >= 15 is 0 Å². The second kappa shape index (κ2) is 4.79. The molecule has 3 heterocycles. The second-order valence-corrected chi connectivity index (χ2v) is 5.79. The predicted octanol–water partition coefficient (Wildman–Crippen LogP) is 1.48. The van der Waals surface area contributed by atoms with Gasteiger partial charge in [-0.2, -0.15) is 0 Å². The van der Waals surface area contributed by atoms with Crippen molar-refractivity contribution in [2.75, 3.05) is 18.8 Å². The molecule has 2 aromatic heterocycles. The van der Waals surface area contributed by atoms with Crippen LogP contribution in [0.1, 0.15) is 22.5 Å². The van der Waals surface area contributed by atoms with Crippen molar-refractivity contribution >= 4 is 33.0 Å². The summed E-state index contributed by atoms with van der Waals surface area (Å²) in [6.07, 6.45) is 4.40. The molecule has 19 heavy (non-hydrogen) atoms. The molecule has 0 aliphatic carbocycles. The SMILES string of the molecule is Nc1c(C(=O)N2CCC(O)CC2)sc2cnccc12. The van der Waals surface area contributed by atoms with E-state index in [2.05, 4.69) is 4.98 Å². The van der Waals surface area contributed by atoms with Crippen LogP contribution in [-0.4, -0.2) is 40.1 Å². The summed E-state index contributed by atoms with van der Waals surface area (Å²) < 4.78 is 0.931. The number of amides is 1. The fourth-order valence-electron chi connectivity index (χ4n) is 2.34. The van der Waals surface area contributed by atoms with Crippen molar-refractivity contribution in [3.63, 3.8) is 0 Å². The molecular weight excluding hydrogens is 262 g/mol. The van der Waals surface area contributed by atoms with Gasteiger partial charge in [-0.3, -0.25) is 9.78 Å². The molecule has 0 aromatic carbocycles. The third kappa shape index (κ3) is 2.17. The Balaban J connectivity index is 1.91. The number of rotatable bonds is 1. The summed E-state index contributed by atoms with van der Waals surface area (Å²) in [5.41, 5.74) is 6.60. The lowest BCUT2D eigenvalue weighted by atomic mass is 10.1. The fourth-order valence-corrected chi connectivity index (χ4v) is 3.40. The summed E-state index contributed by atoms with van der Waals surface area (Å²) >= 11 is 1.39. The third-order valence-electron chi connectivity index (χ3n) is 3.48. The highest BCUT2D eigenvalue weighted by Gasteiger charge is 2.25. The van der Waals surface area contributed by atoms with E-state index in [1.807, 2.05) is 6.07 Å². The number of pyridine rings is 1. The number of piperidine rings is 1. The highest BCUT2D eigenvalue weighted by Crippen LogP contribution is 2.34. The molecule has 2 aromatic rings. The molecule has 5 nitrogen and oxygen atoms in total. The van der Waals surface area contributed by atoms with E-state index in [1.54, 1.807) is 17.3 Å². The third-order valence-corrected chi connectivity index (χ3v) is 4.62. The highest BCUT2D eigenvalue weighted by atomic mass is 32.1. The summed E-state index contributed by atoms with van der Waals surface area (Å²) in [4.78, 5) is 18.8. The molecule has 0 saturated carbocycles. The summed E-state index contributed by atoms with van der Waals surface area (Å²) in [5, 5.41) is 10.4. The summed E-state index contributed by atoms with van der Waals surface area (Å²) in [7, 11) is 0. The first-order chi connectivity index (χ1) is 9.16. The maximum absolute atomic E-state index is 12.5. The van der Waals surface area contributed by atoms with Gasteiger partial charge in [-0.05, 0) is 18.9 Å². The van der Waals surface area contributed by atoms with Gasteiger partial charge in [-0.1, -0.05) is 0 Å². The van der Waals surface area contributed by atoms with Gasteiger partial charge in [0.05, 0.1) is 16.5 Å². The number of nitrogens with two attached hydrogens (primary N) is 1. The largest absolute Gasteiger partial charge is 0.397 e. The van der Waals surface area contributed by atoms with Gasteiger partial charge < -0.3 is 15.7 Å². The lowest BCUT2D eigenvalue weighted by Crippen LogP contribution is -2.39. The molecule has 1 fully saturated rings. The predicted molar refractivity (Wildman–Crippen MR) is 75.2 cm³/mol. The van der Waals surface area contributed by atoms with Gasteiger partial charge >= 0.3 is 0 Å². The first-order valence-electron chi connectivity index (χ1n) is 6.26. The van der Waals surface area contributed by atoms with Gasteiger partial charge in [-0.25, -0.2) is 0 Å². The van der Waals surface area contributed by atoms with E-state index in [0.29, 0.717) is 36.5 Å². The molecule has 1 aliphatic rings. The van der Waals surface area contributed by atoms with Crippen molar-refractivity contribution in [2.45, 2.75) is 18.9 Å². The van der Waals surface area contributed by atoms with Crippen molar-refractivity contribution < 1.29 is 9.90 Å². The average Bonchev–Trinajstić information content (AvgIpc) is 2.77. The topological polar surface area (TPSA) is 79.5 Å². The quantitative estimate of drug-likeness (QED) is 0.827. The van der Waals surface area contributed by atoms with Crippen LogP contribution in [0.5, 0.6) is 0 Å². The summed E-state index contributed by atoms with van der Waals surface area (Å²) in [5.74, 6) is -0.0365. The van der Waals surface area contributed by atoms with E-state index < -0.39 is 0 Å². The molecule has 1 amide bonds. The molecule has 0 bridgehead atoms. The van der Waals surface area contributed by atoms with Gasteiger partial charge in [0.1, 0.15) is 4.88 Å². The van der Waals surface area contributed by atoms with Crippen LogP contribution >= 0.6 is 11.3 Å².